The summed E-state index contributed by atoms with van der Waals surface area (Å²) < 4.78 is 0. The molecule has 7 heteroatoms. The van der Waals surface area contributed by atoms with Crippen LogP contribution < -0.4 is 10.6 Å². The van der Waals surface area contributed by atoms with Crippen molar-refractivity contribution in [1.29, 1.82) is 0 Å². The van der Waals surface area contributed by atoms with Crippen molar-refractivity contribution >= 4 is 28.6 Å². The van der Waals surface area contributed by atoms with E-state index >= 15 is 0 Å². The largest absolute Gasteiger partial charge is 0.388 e. The smallest absolute Gasteiger partial charge is 0.282 e. The highest BCUT2D eigenvalue weighted by molar-refractivity contribution is 7.10. The molecule has 0 bridgehead atoms. The molecule has 2 aromatic rings. The highest BCUT2D eigenvalue weighted by Crippen LogP contribution is 2.24. The van der Waals surface area contributed by atoms with Crippen LogP contribution in [0.15, 0.2) is 35.7 Å². The van der Waals surface area contributed by atoms with Crippen LogP contribution >= 0.6 is 11.3 Å². The van der Waals surface area contributed by atoms with E-state index < -0.39 is 10.8 Å². The van der Waals surface area contributed by atoms with Crippen LogP contribution in [0.5, 0.6) is 0 Å². The van der Waals surface area contributed by atoms with E-state index in [1.165, 1.54) is 23.5 Å². The zero-order chi connectivity index (χ0) is 15.4. The summed E-state index contributed by atoms with van der Waals surface area (Å²) in [6, 6.07) is 7.99. The third kappa shape index (κ3) is 3.38. The fraction of sp³-hybridized carbons (Fsp3) is 0.214. The van der Waals surface area contributed by atoms with Crippen molar-refractivity contribution < 1.29 is 9.72 Å². The second-order valence-electron chi connectivity index (χ2n) is 4.45. The van der Waals surface area contributed by atoms with Gasteiger partial charge in [0.05, 0.1) is 11.0 Å². The molecule has 1 atom stereocenters. The Morgan fingerprint density at radius 2 is 2.14 bits per heavy atom. The first-order chi connectivity index (χ1) is 10.0. The number of amides is 1. The lowest BCUT2D eigenvalue weighted by Gasteiger charge is -2.13. The van der Waals surface area contributed by atoms with Gasteiger partial charge in [0.1, 0.15) is 5.56 Å². The van der Waals surface area contributed by atoms with Gasteiger partial charge in [-0.1, -0.05) is 6.07 Å². The van der Waals surface area contributed by atoms with E-state index in [0.717, 1.165) is 4.88 Å². The predicted octanol–water partition coefficient (Wildman–Crippen LogP) is 3.19. The second kappa shape index (κ2) is 6.36. The van der Waals surface area contributed by atoms with Gasteiger partial charge >= 0.3 is 0 Å². The summed E-state index contributed by atoms with van der Waals surface area (Å²) in [6.07, 6.45) is 0. The van der Waals surface area contributed by atoms with Crippen LogP contribution in [-0.4, -0.2) is 17.9 Å². The summed E-state index contributed by atoms with van der Waals surface area (Å²) in [5, 5.41) is 18.6. The number of nitrogens with zero attached hydrogens (tertiary/aromatic N) is 1. The minimum Gasteiger partial charge on any atom is -0.388 e. The number of nitrogens with one attached hydrogen (secondary N) is 2. The van der Waals surface area contributed by atoms with E-state index in [1.54, 1.807) is 13.1 Å². The van der Waals surface area contributed by atoms with Gasteiger partial charge in [0.15, 0.2) is 0 Å². The number of rotatable bonds is 5. The average molecular weight is 305 g/mol. The van der Waals surface area contributed by atoms with Crippen LogP contribution in [0, 0.1) is 10.1 Å². The fourth-order valence-electron chi connectivity index (χ4n) is 1.92. The van der Waals surface area contributed by atoms with E-state index in [-0.39, 0.29) is 17.3 Å². The van der Waals surface area contributed by atoms with Gasteiger partial charge < -0.3 is 10.6 Å². The minimum absolute atomic E-state index is 0.0512. The Balaban J connectivity index is 2.27. The topological polar surface area (TPSA) is 84.3 Å². The van der Waals surface area contributed by atoms with Crippen molar-refractivity contribution in [2.24, 2.45) is 0 Å². The Morgan fingerprint density at radius 3 is 2.71 bits per heavy atom. The van der Waals surface area contributed by atoms with Gasteiger partial charge in [0.2, 0.25) is 0 Å². The van der Waals surface area contributed by atoms with Gasteiger partial charge in [-0.05, 0) is 30.5 Å². The Morgan fingerprint density at radius 1 is 1.38 bits per heavy atom. The van der Waals surface area contributed by atoms with Crippen LogP contribution in [0.1, 0.15) is 28.2 Å². The van der Waals surface area contributed by atoms with Crippen molar-refractivity contribution in [2.75, 3.05) is 12.4 Å². The average Bonchev–Trinajstić information content (AvgIpc) is 3.00. The zero-order valence-electron chi connectivity index (χ0n) is 11.6. The molecule has 1 aromatic heterocycles. The normalized spacial score (nSPS) is 11.7. The summed E-state index contributed by atoms with van der Waals surface area (Å²) in [5.74, 6) is -0.459. The van der Waals surface area contributed by atoms with E-state index in [4.69, 9.17) is 0 Å². The van der Waals surface area contributed by atoms with Crippen molar-refractivity contribution in [3.05, 3.63) is 56.3 Å². The predicted molar refractivity (Wildman–Crippen MR) is 82.8 cm³/mol. The van der Waals surface area contributed by atoms with Gasteiger partial charge in [0, 0.05) is 23.7 Å². The molecule has 0 aliphatic carbocycles. The molecule has 0 radical (unpaired) electrons. The summed E-state index contributed by atoms with van der Waals surface area (Å²) >= 11 is 1.53. The molecule has 0 spiro atoms. The van der Waals surface area contributed by atoms with Crippen LogP contribution in [0.25, 0.3) is 0 Å². The lowest BCUT2D eigenvalue weighted by Crippen LogP contribution is -2.26. The van der Waals surface area contributed by atoms with Crippen molar-refractivity contribution in [1.82, 2.24) is 5.32 Å². The first-order valence-electron chi connectivity index (χ1n) is 6.33. The number of benzene rings is 1. The van der Waals surface area contributed by atoms with E-state index in [1.807, 2.05) is 24.4 Å². The number of carbonyl (C=O) groups excluding carboxylic acids is 1. The molecule has 1 unspecified atom stereocenters. The molecule has 1 heterocycles. The molecule has 21 heavy (non-hydrogen) atoms. The number of thiophene rings is 1. The Bertz CT molecular complexity index is 655. The number of nitro groups is 1. The lowest BCUT2D eigenvalue weighted by molar-refractivity contribution is -0.385. The molecule has 2 rings (SSSR count). The van der Waals surface area contributed by atoms with Gasteiger partial charge in [-0.25, -0.2) is 0 Å². The lowest BCUT2D eigenvalue weighted by atomic mass is 10.1. The Labute approximate surface area is 126 Å². The van der Waals surface area contributed by atoms with Crippen molar-refractivity contribution in [3.8, 4) is 0 Å². The second-order valence-corrected chi connectivity index (χ2v) is 5.43. The standard InChI is InChI=1S/C14H15N3O3S/c1-9(13-4-3-7-21-13)16-14(18)11-8-10(15-2)5-6-12(11)17(19)20/h3-9,15H,1-2H3,(H,16,18). The van der Waals surface area contributed by atoms with Gasteiger partial charge in [-0.2, -0.15) is 0 Å². The van der Waals surface area contributed by atoms with Crippen LogP contribution in [0.4, 0.5) is 11.4 Å². The van der Waals surface area contributed by atoms with E-state index in [9.17, 15) is 14.9 Å². The molecule has 2 N–H and O–H groups in total. The number of hydrogen-bond acceptors (Lipinski definition) is 5. The monoisotopic (exact) mass is 305 g/mol. The van der Waals surface area contributed by atoms with E-state index in [2.05, 4.69) is 10.6 Å². The van der Waals surface area contributed by atoms with Crippen molar-refractivity contribution in [3.63, 3.8) is 0 Å². The summed E-state index contributed by atoms with van der Waals surface area (Å²) in [7, 11) is 1.69. The van der Waals surface area contributed by atoms with E-state index in [0.29, 0.717) is 5.69 Å². The molecular weight excluding hydrogens is 290 g/mol. The molecule has 1 aromatic carbocycles. The molecule has 0 aliphatic heterocycles. The van der Waals surface area contributed by atoms with Gasteiger partial charge in [-0.3, -0.25) is 14.9 Å². The number of hydrogen-bond donors (Lipinski definition) is 2. The maximum Gasteiger partial charge on any atom is 0.282 e. The highest BCUT2D eigenvalue weighted by atomic mass is 32.1. The molecule has 0 aliphatic rings. The van der Waals surface area contributed by atoms with Gasteiger partial charge in [-0.15, -0.1) is 11.3 Å². The first kappa shape index (κ1) is 15.0. The molecule has 0 fully saturated rings. The fourth-order valence-corrected chi connectivity index (χ4v) is 2.65. The molecule has 0 saturated heterocycles. The maximum atomic E-state index is 12.3. The molecule has 0 saturated carbocycles. The summed E-state index contributed by atoms with van der Waals surface area (Å²) in [5.41, 5.74) is 0.495. The maximum absolute atomic E-state index is 12.3. The Kier molecular flexibility index (Phi) is 4.54. The number of nitro benzene ring substituents is 1. The summed E-state index contributed by atoms with van der Waals surface area (Å²) in [4.78, 5) is 23.8. The van der Waals surface area contributed by atoms with Crippen LogP contribution in [0.3, 0.4) is 0 Å². The SMILES string of the molecule is CNc1ccc([N+](=O)[O-])c(C(=O)NC(C)c2cccs2)c1. The quantitative estimate of drug-likeness (QED) is 0.656. The Hall–Kier alpha value is -2.41. The number of carbonyl (C=O) groups is 1. The minimum atomic E-state index is -0.551. The zero-order valence-corrected chi connectivity index (χ0v) is 12.4. The third-order valence-electron chi connectivity index (χ3n) is 3.04. The third-order valence-corrected chi connectivity index (χ3v) is 4.10. The van der Waals surface area contributed by atoms with Crippen LogP contribution in [0.2, 0.25) is 0 Å². The summed E-state index contributed by atoms with van der Waals surface area (Å²) in [6.45, 7) is 1.84. The van der Waals surface area contributed by atoms with Crippen LogP contribution in [-0.2, 0) is 0 Å². The first-order valence-corrected chi connectivity index (χ1v) is 7.21. The van der Waals surface area contributed by atoms with Crippen molar-refractivity contribution in [2.45, 2.75) is 13.0 Å². The molecule has 6 nitrogen and oxygen atoms in total. The molecular formula is C14H15N3O3S. The number of anilines is 1. The molecule has 1 amide bonds. The highest BCUT2D eigenvalue weighted by Gasteiger charge is 2.22. The van der Waals surface area contributed by atoms with Gasteiger partial charge in [0.25, 0.3) is 11.6 Å². The molecule has 110 valence electrons.